The monoisotopic (exact) mass is 348 g/mol. The van der Waals surface area contributed by atoms with Gasteiger partial charge in [-0.05, 0) is 30.3 Å². The second-order valence-corrected chi connectivity index (χ2v) is 4.80. The second-order valence-electron chi connectivity index (χ2n) is 4.80. The number of aromatic nitrogens is 2. The lowest BCUT2D eigenvalue weighted by atomic mass is 10.1. The Morgan fingerprint density at radius 2 is 1.91 bits per heavy atom. The number of carbonyl (C=O) groups excluding carboxylic acids is 1. The average molecular weight is 349 g/mol. The van der Waals surface area contributed by atoms with Gasteiger partial charge in [-0.1, -0.05) is 6.92 Å². The summed E-state index contributed by atoms with van der Waals surface area (Å²) in [6.07, 6.45) is -3.40. The molecule has 0 aliphatic rings. The number of carbonyl (C=O) groups is 1. The molecule has 0 saturated heterocycles. The van der Waals surface area contributed by atoms with Crippen LogP contribution in [0.5, 0.6) is 0 Å². The largest absolute Gasteiger partial charge is 0.433 e. The van der Waals surface area contributed by atoms with E-state index >= 15 is 0 Å². The number of nitrogens with zero attached hydrogens (tertiary/aromatic N) is 2. The molecular weight excluding hydrogens is 333 g/mol. The van der Waals surface area contributed by atoms with Gasteiger partial charge in [0.25, 0.3) is 0 Å². The van der Waals surface area contributed by atoms with Gasteiger partial charge in [-0.15, -0.1) is 12.4 Å². The summed E-state index contributed by atoms with van der Waals surface area (Å²) in [7, 11) is 0. The third-order valence-electron chi connectivity index (χ3n) is 3.11. The molecule has 3 N–H and O–H groups in total. The molecule has 9 heteroatoms. The molecule has 23 heavy (non-hydrogen) atoms. The smallest absolute Gasteiger partial charge is 0.330 e. The Bertz CT molecular complexity index is 655. The van der Waals surface area contributed by atoms with Crippen molar-refractivity contribution in [2.24, 2.45) is 11.7 Å². The molecule has 1 aromatic carbocycles. The number of hydrogen-bond acceptors (Lipinski definition) is 3. The molecule has 0 fully saturated rings. The molecule has 1 atom stereocenters. The van der Waals surface area contributed by atoms with Crippen molar-refractivity contribution in [2.75, 3.05) is 11.9 Å². The minimum atomic E-state index is -4.49. The number of hydrogen-bond donors (Lipinski definition) is 2. The number of anilines is 1. The minimum Gasteiger partial charge on any atom is -0.330 e. The predicted molar refractivity (Wildman–Crippen MR) is 82.7 cm³/mol. The number of benzene rings is 1. The van der Waals surface area contributed by atoms with Crippen LogP contribution in [0.15, 0.2) is 36.5 Å². The third-order valence-corrected chi connectivity index (χ3v) is 3.11. The van der Waals surface area contributed by atoms with Crippen LogP contribution in [0, 0.1) is 5.92 Å². The lowest BCUT2D eigenvalue weighted by molar-refractivity contribution is -0.142. The molecule has 0 bridgehead atoms. The van der Waals surface area contributed by atoms with E-state index in [0.717, 1.165) is 16.9 Å². The van der Waals surface area contributed by atoms with Crippen LogP contribution in [0.3, 0.4) is 0 Å². The molecule has 2 rings (SSSR count). The van der Waals surface area contributed by atoms with E-state index in [0.29, 0.717) is 5.69 Å². The van der Waals surface area contributed by atoms with Gasteiger partial charge in [0.2, 0.25) is 5.91 Å². The number of nitrogens with two attached hydrogens (primary N) is 1. The van der Waals surface area contributed by atoms with Crippen LogP contribution in [0.25, 0.3) is 5.69 Å². The van der Waals surface area contributed by atoms with Gasteiger partial charge in [0, 0.05) is 18.2 Å². The molecule has 2 aromatic rings. The first-order valence-corrected chi connectivity index (χ1v) is 6.55. The fourth-order valence-corrected chi connectivity index (χ4v) is 1.78. The standard InChI is InChI=1S/C14H15F3N4O.ClH/c1-9(8-18)13(22)20-10-2-4-11(5-3-10)21-12(6-7-19-21)14(15,16)17;/h2-7,9H,8,18H2,1H3,(H,20,22);1H. The lowest BCUT2D eigenvalue weighted by Gasteiger charge is -2.12. The lowest BCUT2D eigenvalue weighted by Crippen LogP contribution is -2.26. The summed E-state index contributed by atoms with van der Waals surface area (Å²) in [5.41, 5.74) is 5.27. The van der Waals surface area contributed by atoms with E-state index in [1.54, 1.807) is 6.92 Å². The van der Waals surface area contributed by atoms with E-state index in [-0.39, 0.29) is 36.5 Å². The fourth-order valence-electron chi connectivity index (χ4n) is 1.78. The van der Waals surface area contributed by atoms with Crippen LogP contribution in [-0.4, -0.2) is 22.2 Å². The molecule has 5 nitrogen and oxygen atoms in total. The Kier molecular flexibility index (Phi) is 6.17. The van der Waals surface area contributed by atoms with Crippen molar-refractivity contribution in [1.82, 2.24) is 9.78 Å². The van der Waals surface area contributed by atoms with E-state index < -0.39 is 11.9 Å². The maximum Gasteiger partial charge on any atom is 0.433 e. The van der Waals surface area contributed by atoms with Gasteiger partial charge < -0.3 is 11.1 Å². The summed E-state index contributed by atoms with van der Waals surface area (Å²) in [4.78, 5) is 11.7. The highest BCUT2D eigenvalue weighted by atomic mass is 35.5. The summed E-state index contributed by atoms with van der Waals surface area (Å²) in [6, 6.07) is 6.82. The molecule has 0 radical (unpaired) electrons. The highest BCUT2D eigenvalue weighted by Crippen LogP contribution is 2.30. The number of alkyl halides is 3. The summed E-state index contributed by atoms with van der Waals surface area (Å²) in [6.45, 7) is 1.90. The van der Waals surface area contributed by atoms with Crippen LogP contribution in [-0.2, 0) is 11.0 Å². The quantitative estimate of drug-likeness (QED) is 0.892. The summed E-state index contributed by atoms with van der Waals surface area (Å²) in [5.74, 6) is -0.590. The molecule has 1 aromatic heterocycles. The second kappa shape index (κ2) is 7.47. The number of halogens is 4. The molecule has 1 heterocycles. The molecule has 0 saturated carbocycles. The third kappa shape index (κ3) is 4.46. The Morgan fingerprint density at radius 3 is 2.43 bits per heavy atom. The maximum atomic E-state index is 12.8. The van der Waals surface area contributed by atoms with E-state index in [2.05, 4.69) is 10.4 Å². The van der Waals surface area contributed by atoms with Crippen molar-refractivity contribution in [2.45, 2.75) is 13.1 Å². The highest BCUT2D eigenvalue weighted by molar-refractivity contribution is 5.92. The van der Waals surface area contributed by atoms with Crippen molar-refractivity contribution in [3.05, 3.63) is 42.2 Å². The van der Waals surface area contributed by atoms with Crippen molar-refractivity contribution < 1.29 is 18.0 Å². The van der Waals surface area contributed by atoms with Crippen molar-refractivity contribution in [3.63, 3.8) is 0 Å². The van der Waals surface area contributed by atoms with Crippen LogP contribution in [0.4, 0.5) is 18.9 Å². The first-order chi connectivity index (χ1) is 10.3. The first kappa shape index (κ1) is 19.0. The highest BCUT2D eigenvalue weighted by Gasteiger charge is 2.35. The minimum absolute atomic E-state index is 0. The number of nitrogens with one attached hydrogen (secondary N) is 1. The Hall–Kier alpha value is -2.06. The van der Waals surface area contributed by atoms with Crippen LogP contribution in [0.1, 0.15) is 12.6 Å². The predicted octanol–water partition coefficient (Wildman–Crippen LogP) is 2.85. The Balaban J connectivity index is 0.00000264. The Labute approximate surface area is 137 Å². The molecule has 126 valence electrons. The fraction of sp³-hybridized carbons (Fsp3) is 0.286. The van der Waals surface area contributed by atoms with E-state index in [4.69, 9.17) is 5.73 Å². The maximum absolute atomic E-state index is 12.8. The van der Waals surface area contributed by atoms with Crippen molar-refractivity contribution in [1.29, 1.82) is 0 Å². The molecular formula is C14H16ClF3N4O. The van der Waals surface area contributed by atoms with Crippen LogP contribution >= 0.6 is 12.4 Å². The zero-order valence-corrected chi connectivity index (χ0v) is 13.0. The van der Waals surface area contributed by atoms with Gasteiger partial charge >= 0.3 is 6.18 Å². The number of rotatable bonds is 4. The van der Waals surface area contributed by atoms with Crippen LogP contribution in [0.2, 0.25) is 0 Å². The molecule has 0 aliphatic heterocycles. The van der Waals surface area contributed by atoms with Crippen molar-refractivity contribution >= 4 is 24.0 Å². The average Bonchev–Trinajstić information content (AvgIpc) is 2.96. The van der Waals surface area contributed by atoms with Crippen LogP contribution < -0.4 is 11.1 Å². The van der Waals surface area contributed by atoms with Gasteiger partial charge in [0.15, 0.2) is 0 Å². The topological polar surface area (TPSA) is 72.9 Å². The summed E-state index contributed by atoms with van der Waals surface area (Å²) >= 11 is 0. The van der Waals surface area contributed by atoms with Gasteiger partial charge in [-0.25, -0.2) is 4.68 Å². The first-order valence-electron chi connectivity index (χ1n) is 6.55. The van der Waals surface area contributed by atoms with Gasteiger partial charge in [-0.2, -0.15) is 18.3 Å². The van der Waals surface area contributed by atoms with E-state index in [1.807, 2.05) is 0 Å². The molecule has 1 unspecified atom stereocenters. The molecule has 0 aliphatic carbocycles. The molecule has 0 spiro atoms. The van der Waals surface area contributed by atoms with Gasteiger partial charge in [-0.3, -0.25) is 4.79 Å². The summed E-state index contributed by atoms with van der Waals surface area (Å²) < 4.78 is 39.3. The normalized spacial score (nSPS) is 12.4. The molecule has 1 amide bonds. The zero-order chi connectivity index (χ0) is 16.3. The number of amides is 1. The van der Waals surface area contributed by atoms with E-state index in [1.165, 1.54) is 24.3 Å². The Morgan fingerprint density at radius 1 is 1.30 bits per heavy atom. The van der Waals surface area contributed by atoms with Gasteiger partial charge in [0.05, 0.1) is 11.9 Å². The van der Waals surface area contributed by atoms with E-state index in [9.17, 15) is 18.0 Å². The van der Waals surface area contributed by atoms with Crippen molar-refractivity contribution in [3.8, 4) is 5.69 Å². The summed E-state index contributed by atoms with van der Waals surface area (Å²) in [5, 5.41) is 6.32. The zero-order valence-electron chi connectivity index (χ0n) is 12.2. The van der Waals surface area contributed by atoms with Gasteiger partial charge in [0.1, 0.15) is 5.69 Å². The SMILES string of the molecule is CC(CN)C(=O)Nc1ccc(-n2nccc2C(F)(F)F)cc1.Cl.